The van der Waals surface area contributed by atoms with E-state index in [4.69, 9.17) is 9.15 Å². The van der Waals surface area contributed by atoms with Crippen LogP contribution in [-0.4, -0.2) is 40.2 Å². The Morgan fingerprint density at radius 2 is 2.14 bits per heavy atom. The third-order valence-electron chi connectivity index (χ3n) is 3.35. The van der Waals surface area contributed by atoms with Gasteiger partial charge in [-0.3, -0.25) is 4.79 Å². The maximum atomic E-state index is 12.2. The molecule has 7 heteroatoms. The highest BCUT2D eigenvalue weighted by Gasteiger charge is 2.26. The van der Waals surface area contributed by atoms with Crippen molar-refractivity contribution in [1.29, 1.82) is 0 Å². The molecule has 1 aliphatic heterocycles. The molecule has 3 heterocycles. The van der Waals surface area contributed by atoms with Gasteiger partial charge in [0.1, 0.15) is 6.10 Å². The fourth-order valence-corrected chi connectivity index (χ4v) is 2.59. The van der Waals surface area contributed by atoms with Crippen LogP contribution in [0.25, 0.3) is 0 Å². The standard InChI is InChI=1S/C14H14BrN3O3/c15-12-4-3-11(21-12)14(19)18-8-5-10(6-9-18)20-13-2-1-7-16-17-13/h1-4,7,10H,5-6,8-9H2. The normalized spacial score (nSPS) is 16.0. The van der Waals surface area contributed by atoms with Gasteiger partial charge in [-0.25, -0.2) is 0 Å². The van der Waals surface area contributed by atoms with Gasteiger partial charge in [-0.15, -0.1) is 5.10 Å². The first-order valence-electron chi connectivity index (χ1n) is 6.71. The molecule has 1 fully saturated rings. The van der Waals surface area contributed by atoms with Crippen molar-refractivity contribution in [2.45, 2.75) is 18.9 Å². The molecule has 0 spiro atoms. The van der Waals surface area contributed by atoms with E-state index in [2.05, 4.69) is 26.1 Å². The topological polar surface area (TPSA) is 68.5 Å². The number of piperidine rings is 1. The summed E-state index contributed by atoms with van der Waals surface area (Å²) in [4.78, 5) is 14.0. The van der Waals surface area contributed by atoms with Crippen molar-refractivity contribution in [3.05, 3.63) is 40.9 Å². The number of carbonyl (C=O) groups excluding carboxylic acids is 1. The maximum absolute atomic E-state index is 12.2. The van der Waals surface area contributed by atoms with E-state index >= 15 is 0 Å². The number of hydrogen-bond acceptors (Lipinski definition) is 5. The molecule has 6 nitrogen and oxygen atoms in total. The Balaban J connectivity index is 1.54. The number of carbonyl (C=O) groups is 1. The second-order valence-electron chi connectivity index (χ2n) is 4.78. The predicted molar refractivity (Wildman–Crippen MR) is 78.0 cm³/mol. The lowest BCUT2D eigenvalue weighted by Crippen LogP contribution is -2.41. The molecule has 0 bridgehead atoms. The van der Waals surface area contributed by atoms with Crippen molar-refractivity contribution in [2.24, 2.45) is 0 Å². The van der Waals surface area contributed by atoms with E-state index in [1.54, 1.807) is 35.4 Å². The van der Waals surface area contributed by atoms with Gasteiger partial charge < -0.3 is 14.1 Å². The van der Waals surface area contributed by atoms with Crippen LogP contribution in [0.2, 0.25) is 0 Å². The Bertz CT molecular complexity index is 609. The summed E-state index contributed by atoms with van der Waals surface area (Å²) in [6, 6.07) is 6.96. The van der Waals surface area contributed by atoms with Gasteiger partial charge in [-0.05, 0) is 34.1 Å². The minimum Gasteiger partial charge on any atom is -0.473 e. The first kappa shape index (κ1) is 14.1. The predicted octanol–water partition coefficient (Wildman–Crippen LogP) is 2.52. The van der Waals surface area contributed by atoms with Crippen LogP contribution in [0.4, 0.5) is 0 Å². The van der Waals surface area contributed by atoms with Gasteiger partial charge in [0.25, 0.3) is 5.91 Å². The average molecular weight is 352 g/mol. The van der Waals surface area contributed by atoms with E-state index in [0.29, 0.717) is 29.4 Å². The first-order chi connectivity index (χ1) is 10.2. The Kier molecular flexibility index (Phi) is 4.19. The molecule has 0 unspecified atom stereocenters. The average Bonchev–Trinajstić information content (AvgIpc) is 2.95. The molecule has 0 saturated carbocycles. The minimum absolute atomic E-state index is 0.0640. The highest BCUT2D eigenvalue weighted by Crippen LogP contribution is 2.20. The molecule has 1 aliphatic rings. The van der Waals surface area contributed by atoms with Gasteiger partial charge in [0.15, 0.2) is 10.4 Å². The fraction of sp³-hybridized carbons (Fsp3) is 0.357. The third kappa shape index (κ3) is 3.41. The summed E-state index contributed by atoms with van der Waals surface area (Å²) >= 11 is 3.20. The van der Waals surface area contributed by atoms with Crippen molar-refractivity contribution < 1.29 is 13.9 Å². The molecular weight excluding hydrogens is 338 g/mol. The summed E-state index contributed by atoms with van der Waals surface area (Å²) in [7, 11) is 0. The number of likely N-dealkylation sites (tertiary alicyclic amines) is 1. The van der Waals surface area contributed by atoms with Gasteiger partial charge in [0, 0.05) is 38.2 Å². The Hall–Kier alpha value is -1.89. The van der Waals surface area contributed by atoms with Crippen LogP contribution in [0.1, 0.15) is 23.4 Å². The number of aromatic nitrogens is 2. The number of rotatable bonds is 3. The third-order valence-corrected chi connectivity index (χ3v) is 3.77. The second-order valence-corrected chi connectivity index (χ2v) is 5.56. The van der Waals surface area contributed by atoms with Crippen molar-refractivity contribution in [3.8, 4) is 5.88 Å². The van der Waals surface area contributed by atoms with Crippen molar-refractivity contribution >= 4 is 21.8 Å². The monoisotopic (exact) mass is 351 g/mol. The Morgan fingerprint density at radius 3 is 2.76 bits per heavy atom. The fourth-order valence-electron chi connectivity index (χ4n) is 2.28. The number of nitrogens with zero attached hydrogens (tertiary/aromatic N) is 3. The molecule has 21 heavy (non-hydrogen) atoms. The zero-order valence-electron chi connectivity index (χ0n) is 11.2. The molecular formula is C14H14BrN3O3. The van der Waals surface area contributed by atoms with Crippen LogP contribution in [-0.2, 0) is 0 Å². The number of furan rings is 1. The molecule has 3 rings (SSSR count). The Morgan fingerprint density at radius 1 is 1.33 bits per heavy atom. The molecule has 1 saturated heterocycles. The van der Waals surface area contributed by atoms with Gasteiger partial charge in [0.05, 0.1) is 0 Å². The number of halogens is 1. The number of hydrogen-bond donors (Lipinski definition) is 0. The summed E-state index contributed by atoms with van der Waals surface area (Å²) in [5, 5.41) is 7.68. The van der Waals surface area contributed by atoms with Crippen LogP contribution in [0.15, 0.2) is 39.5 Å². The molecule has 110 valence electrons. The molecule has 1 amide bonds. The van der Waals surface area contributed by atoms with Crippen molar-refractivity contribution in [1.82, 2.24) is 15.1 Å². The SMILES string of the molecule is O=C(c1ccc(Br)o1)N1CCC(Oc2cccnn2)CC1. The zero-order chi connectivity index (χ0) is 14.7. The van der Waals surface area contributed by atoms with Crippen LogP contribution < -0.4 is 4.74 Å². The largest absolute Gasteiger partial charge is 0.473 e. The van der Waals surface area contributed by atoms with Gasteiger partial charge >= 0.3 is 0 Å². The van der Waals surface area contributed by atoms with E-state index in [1.165, 1.54) is 0 Å². The van der Waals surface area contributed by atoms with E-state index in [-0.39, 0.29) is 12.0 Å². The lowest BCUT2D eigenvalue weighted by atomic mass is 10.1. The summed E-state index contributed by atoms with van der Waals surface area (Å²) in [5.74, 6) is 0.797. The molecule has 2 aromatic rings. The molecule has 0 aromatic carbocycles. The summed E-state index contributed by atoms with van der Waals surface area (Å²) in [5.41, 5.74) is 0. The molecule has 0 N–H and O–H groups in total. The highest BCUT2D eigenvalue weighted by atomic mass is 79.9. The zero-order valence-corrected chi connectivity index (χ0v) is 12.8. The molecule has 0 aliphatic carbocycles. The van der Waals surface area contributed by atoms with E-state index < -0.39 is 0 Å². The summed E-state index contributed by atoms with van der Waals surface area (Å²) in [6.07, 6.45) is 3.21. The van der Waals surface area contributed by atoms with Crippen LogP contribution in [0, 0.1) is 0 Å². The Labute approximate surface area is 130 Å². The van der Waals surface area contributed by atoms with Crippen molar-refractivity contribution in [3.63, 3.8) is 0 Å². The first-order valence-corrected chi connectivity index (χ1v) is 7.50. The molecule has 0 atom stereocenters. The minimum atomic E-state index is -0.0846. The maximum Gasteiger partial charge on any atom is 0.289 e. The molecule has 0 radical (unpaired) electrons. The van der Waals surface area contributed by atoms with E-state index in [1.807, 2.05) is 0 Å². The van der Waals surface area contributed by atoms with Crippen LogP contribution in [0.5, 0.6) is 5.88 Å². The van der Waals surface area contributed by atoms with Gasteiger partial charge in [0.2, 0.25) is 5.88 Å². The summed E-state index contributed by atoms with van der Waals surface area (Å²) < 4.78 is 11.6. The quantitative estimate of drug-likeness (QED) is 0.849. The van der Waals surface area contributed by atoms with E-state index in [0.717, 1.165) is 12.8 Å². The number of ether oxygens (including phenoxy) is 1. The smallest absolute Gasteiger partial charge is 0.289 e. The van der Waals surface area contributed by atoms with Crippen molar-refractivity contribution in [2.75, 3.05) is 13.1 Å². The summed E-state index contributed by atoms with van der Waals surface area (Å²) in [6.45, 7) is 1.28. The van der Waals surface area contributed by atoms with E-state index in [9.17, 15) is 4.79 Å². The lowest BCUT2D eigenvalue weighted by Gasteiger charge is -2.31. The van der Waals surface area contributed by atoms with Crippen LogP contribution in [0.3, 0.4) is 0 Å². The molecule has 2 aromatic heterocycles. The number of amides is 1. The highest BCUT2D eigenvalue weighted by molar-refractivity contribution is 9.10. The second kappa shape index (κ2) is 6.26. The van der Waals surface area contributed by atoms with Gasteiger partial charge in [-0.1, -0.05) is 0 Å². The van der Waals surface area contributed by atoms with Gasteiger partial charge in [-0.2, -0.15) is 5.10 Å². The lowest BCUT2D eigenvalue weighted by molar-refractivity contribution is 0.0556. The van der Waals surface area contributed by atoms with Crippen LogP contribution >= 0.6 is 15.9 Å².